The summed E-state index contributed by atoms with van der Waals surface area (Å²) in [7, 11) is 0. The van der Waals surface area contributed by atoms with Crippen LogP contribution in [0.4, 0.5) is 0 Å². The van der Waals surface area contributed by atoms with Crippen LogP contribution in [-0.4, -0.2) is 25.6 Å². The fourth-order valence-corrected chi connectivity index (χ4v) is 3.48. The van der Waals surface area contributed by atoms with Gasteiger partial charge >= 0.3 is 0 Å². The number of H-pyrrole nitrogens is 1. The van der Waals surface area contributed by atoms with Gasteiger partial charge in [-0.25, -0.2) is 4.98 Å². The summed E-state index contributed by atoms with van der Waals surface area (Å²) in [5.41, 5.74) is 4.99. The zero-order valence-electron chi connectivity index (χ0n) is 18.7. The van der Waals surface area contributed by atoms with E-state index in [1.807, 2.05) is 73.7 Å². The summed E-state index contributed by atoms with van der Waals surface area (Å²) < 4.78 is 12.1. The first-order valence-electron chi connectivity index (χ1n) is 10.9. The van der Waals surface area contributed by atoms with Crippen molar-refractivity contribution >= 4 is 23.1 Å². The predicted molar refractivity (Wildman–Crippen MR) is 131 cm³/mol. The van der Waals surface area contributed by atoms with Gasteiger partial charge in [-0.15, -0.1) is 10.2 Å². The van der Waals surface area contributed by atoms with Crippen LogP contribution in [0.5, 0.6) is 11.5 Å². The van der Waals surface area contributed by atoms with Crippen molar-refractivity contribution in [1.82, 2.24) is 25.6 Å². The lowest BCUT2D eigenvalue weighted by Gasteiger charge is -2.12. The van der Waals surface area contributed by atoms with Crippen LogP contribution < -0.4 is 9.47 Å². The highest BCUT2D eigenvalue weighted by molar-refractivity contribution is 5.78. The topological polar surface area (TPSA) is 85.8 Å². The number of ether oxygens (including phenoxy) is 2. The number of aromatic nitrogens is 5. The highest BCUT2D eigenvalue weighted by atomic mass is 16.5. The van der Waals surface area contributed by atoms with Crippen LogP contribution in [0.15, 0.2) is 78.9 Å². The molecule has 0 spiro atoms. The second kappa shape index (κ2) is 9.95. The van der Waals surface area contributed by atoms with Gasteiger partial charge < -0.3 is 9.47 Å². The van der Waals surface area contributed by atoms with Crippen molar-refractivity contribution in [2.24, 2.45) is 0 Å². The molecular formula is C27H23N5O2. The Morgan fingerprint density at radius 2 is 1.74 bits per heavy atom. The third-order valence-electron chi connectivity index (χ3n) is 5.36. The van der Waals surface area contributed by atoms with Gasteiger partial charge in [-0.05, 0) is 65.2 Å². The first-order valence-corrected chi connectivity index (χ1v) is 10.9. The molecule has 34 heavy (non-hydrogen) atoms. The van der Waals surface area contributed by atoms with Gasteiger partial charge in [-0.3, -0.25) is 0 Å². The Hall–Kier alpha value is -4.52. The van der Waals surface area contributed by atoms with E-state index in [9.17, 15) is 0 Å². The number of pyridine rings is 1. The van der Waals surface area contributed by atoms with Crippen LogP contribution in [0.3, 0.4) is 0 Å². The van der Waals surface area contributed by atoms with E-state index >= 15 is 0 Å². The molecule has 0 unspecified atom stereocenters. The Bertz CT molecular complexity index is 1410. The van der Waals surface area contributed by atoms with Gasteiger partial charge in [0.05, 0.1) is 11.2 Å². The molecule has 0 amide bonds. The molecule has 7 nitrogen and oxygen atoms in total. The Kier molecular flexibility index (Phi) is 6.25. The zero-order valence-corrected chi connectivity index (χ0v) is 18.7. The molecule has 168 valence electrons. The molecule has 2 heterocycles. The van der Waals surface area contributed by atoms with Crippen LogP contribution in [0.2, 0.25) is 0 Å². The second-order valence-electron chi connectivity index (χ2n) is 7.84. The number of hydrogen-bond donors (Lipinski definition) is 1. The molecule has 0 aliphatic carbocycles. The second-order valence-corrected chi connectivity index (χ2v) is 7.84. The third kappa shape index (κ3) is 5.27. The Labute approximate surface area is 197 Å². The maximum absolute atomic E-state index is 6.10. The van der Waals surface area contributed by atoms with Gasteiger partial charge in [-0.1, -0.05) is 54.6 Å². The standard InChI is InChI=1S/C27H23N5O2/c1-19-6-7-21(16-26(19)34-18-23-12-11-22-4-2-3-5-25(22)28-23)17-33-24-13-8-20(9-14-24)10-15-27-29-31-32-30-27/h2-16H,17-18H2,1H3,(H,29,30,31,32). The lowest BCUT2D eigenvalue weighted by Crippen LogP contribution is -2.01. The first kappa shape index (κ1) is 21.3. The maximum atomic E-state index is 6.10. The van der Waals surface area contributed by atoms with Gasteiger partial charge in [-0.2, -0.15) is 5.21 Å². The van der Waals surface area contributed by atoms with Crippen LogP contribution >= 0.6 is 0 Å². The SMILES string of the molecule is Cc1ccc(COc2ccc(C=Cc3nn[nH]n3)cc2)cc1OCc1ccc2ccccc2n1. The smallest absolute Gasteiger partial charge is 0.197 e. The summed E-state index contributed by atoms with van der Waals surface area (Å²) >= 11 is 0. The van der Waals surface area contributed by atoms with E-state index in [1.165, 1.54) is 0 Å². The Morgan fingerprint density at radius 1 is 0.853 bits per heavy atom. The van der Waals surface area contributed by atoms with Gasteiger partial charge in [0, 0.05) is 5.39 Å². The van der Waals surface area contributed by atoms with Crippen molar-refractivity contribution in [1.29, 1.82) is 0 Å². The first-order chi connectivity index (χ1) is 16.7. The highest BCUT2D eigenvalue weighted by Crippen LogP contribution is 2.23. The van der Waals surface area contributed by atoms with Crippen molar-refractivity contribution in [2.75, 3.05) is 0 Å². The fraction of sp³-hybridized carbons (Fsp3) is 0.111. The van der Waals surface area contributed by atoms with Gasteiger partial charge in [0.2, 0.25) is 0 Å². The molecule has 0 bridgehead atoms. The lowest BCUT2D eigenvalue weighted by atomic mass is 10.1. The van der Waals surface area contributed by atoms with E-state index < -0.39 is 0 Å². The summed E-state index contributed by atoms with van der Waals surface area (Å²) in [5.74, 6) is 2.16. The quantitative estimate of drug-likeness (QED) is 0.342. The number of tetrazole rings is 1. The molecule has 5 rings (SSSR count). The molecular weight excluding hydrogens is 426 g/mol. The van der Waals surface area contributed by atoms with E-state index in [1.54, 1.807) is 6.08 Å². The van der Waals surface area contributed by atoms with E-state index in [2.05, 4.69) is 43.8 Å². The number of hydrogen-bond acceptors (Lipinski definition) is 6. The van der Waals surface area contributed by atoms with Crippen molar-refractivity contribution in [2.45, 2.75) is 20.1 Å². The van der Waals surface area contributed by atoms with Crippen molar-refractivity contribution < 1.29 is 9.47 Å². The highest BCUT2D eigenvalue weighted by Gasteiger charge is 2.05. The minimum absolute atomic E-state index is 0.412. The van der Waals surface area contributed by atoms with Crippen LogP contribution in [0.25, 0.3) is 23.1 Å². The minimum Gasteiger partial charge on any atom is -0.489 e. The molecule has 0 radical (unpaired) electrons. The molecule has 0 saturated carbocycles. The van der Waals surface area contributed by atoms with Crippen LogP contribution in [-0.2, 0) is 13.2 Å². The number of rotatable bonds is 8. The predicted octanol–water partition coefficient (Wildman–Crippen LogP) is 5.38. The van der Waals surface area contributed by atoms with E-state index in [0.717, 1.165) is 44.8 Å². The monoisotopic (exact) mass is 449 g/mol. The molecule has 0 aliphatic heterocycles. The van der Waals surface area contributed by atoms with Crippen LogP contribution in [0, 0.1) is 6.92 Å². The average Bonchev–Trinajstić information content (AvgIpc) is 3.40. The molecule has 0 saturated heterocycles. The van der Waals surface area contributed by atoms with Gasteiger partial charge in [0.25, 0.3) is 0 Å². The number of para-hydroxylation sites is 1. The van der Waals surface area contributed by atoms with Crippen molar-refractivity contribution in [3.8, 4) is 11.5 Å². The third-order valence-corrected chi connectivity index (χ3v) is 5.36. The Balaban J connectivity index is 1.19. The Morgan fingerprint density at radius 3 is 2.59 bits per heavy atom. The minimum atomic E-state index is 0.412. The summed E-state index contributed by atoms with van der Waals surface area (Å²) in [6.45, 7) is 2.90. The number of aryl methyl sites for hydroxylation is 1. The molecule has 0 aliphatic rings. The van der Waals surface area contributed by atoms with Crippen molar-refractivity contribution in [3.05, 3.63) is 107 Å². The van der Waals surface area contributed by atoms with E-state index in [4.69, 9.17) is 9.47 Å². The normalized spacial score (nSPS) is 11.2. The molecule has 5 aromatic rings. The zero-order chi connectivity index (χ0) is 23.2. The van der Waals surface area contributed by atoms with E-state index in [0.29, 0.717) is 19.0 Å². The summed E-state index contributed by atoms with van der Waals surface area (Å²) in [6.07, 6.45) is 3.71. The molecule has 2 aromatic heterocycles. The molecule has 3 aromatic carbocycles. The summed E-state index contributed by atoms with van der Waals surface area (Å²) in [6, 6.07) is 26.1. The lowest BCUT2D eigenvalue weighted by molar-refractivity contribution is 0.292. The number of nitrogens with zero attached hydrogens (tertiary/aromatic N) is 4. The summed E-state index contributed by atoms with van der Waals surface area (Å²) in [5, 5.41) is 14.9. The fourth-order valence-electron chi connectivity index (χ4n) is 3.48. The molecule has 7 heteroatoms. The maximum Gasteiger partial charge on any atom is 0.197 e. The molecule has 0 atom stereocenters. The number of fused-ring (bicyclic) bond motifs is 1. The molecule has 0 fully saturated rings. The summed E-state index contributed by atoms with van der Waals surface area (Å²) in [4.78, 5) is 4.69. The number of nitrogens with one attached hydrogen (secondary N) is 1. The van der Waals surface area contributed by atoms with Gasteiger partial charge in [0.15, 0.2) is 5.82 Å². The van der Waals surface area contributed by atoms with Crippen molar-refractivity contribution in [3.63, 3.8) is 0 Å². The largest absolute Gasteiger partial charge is 0.489 e. The number of benzene rings is 3. The van der Waals surface area contributed by atoms with Gasteiger partial charge in [0.1, 0.15) is 24.7 Å². The molecule has 1 N–H and O–H groups in total. The van der Waals surface area contributed by atoms with E-state index in [-0.39, 0.29) is 0 Å². The number of aromatic amines is 1. The van der Waals surface area contributed by atoms with Crippen LogP contribution in [0.1, 0.15) is 28.2 Å². The average molecular weight is 450 g/mol.